The molecule has 1 heterocycles. The van der Waals surface area contributed by atoms with E-state index < -0.39 is 45.3 Å². The van der Waals surface area contributed by atoms with Crippen LogP contribution in [0.4, 0.5) is 14.5 Å². The zero-order valence-electron chi connectivity index (χ0n) is 17.4. The van der Waals surface area contributed by atoms with Gasteiger partial charge in [0.2, 0.25) is 10.0 Å². The number of ether oxygens (including phenoxy) is 2. The number of methoxy groups -OCH3 is 1. The average Bonchev–Trinajstić information content (AvgIpc) is 3.31. The first-order chi connectivity index (χ1) is 15.1. The summed E-state index contributed by atoms with van der Waals surface area (Å²) in [5.74, 6) is -3.84. The van der Waals surface area contributed by atoms with Crippen LogP contribution in [0.5, 0.6) is 5.75 Å². The molecule has 0 aliphatic carbocycles. The number of halogens is 2. The van der Waals surface area contributed by atoms with Gasteiger partial charge in [-0.2, -0.15) is 4.31 Å². The lowest BCUT2D eigenvalue weighted by Gasteiger charge is -2.18. The number of hydrogen-bond donors (Lipinski definition) is 1. The molecule has 0 spiro atoms. The third-order valence-corrected chi connectivity index (χ3v) is 6.87. The highest BCUT2D eigenvalue weighted by Gasteiger charge is 2.31. The highest BCUT2D eigenvalue weighted by Crippen LogP contribution is 2.30. The van der Waals surface area contributed by atoms with Gasteiger partial charge in [-0.05, 0) is 50.1 Å². The van der Waals surface area contributed by atoms with Crippen LogP contribution in [0.25, 0.3) is 0 Å². The van der Waals surface area contributed by atoms with E-state index in [0.717, 1.165) is 37.1 Å². The third kappa shape index (κ3) is 4.89. The fraction of sp³-hybridized carbons (Fsp3) is 0.333. The monoisotopic (exact) mass is 468 g/mol. The molecule has 1 aliphatic heterocycles. The fourth-order valence-corrected chi connectivity index (χ4v) is 4.90. The lowest BCUT2D eigenvalue weighted by Crippen LogP contribution is -2.31. The van der Waals surface area contributed by atoms with Gasteiger partial charge in [-0.1, -0.05) is 6.07 Å². The number of anilines is 1. The smallest absolute Gasteiger partial charge is 0.338 e. The van der Waals surface area contributed by atoms with Gasteiger partial charge in [-0.15, -0.1) is 0 Å². The first-order valence-corrected chi connectivity index (χ1v) is 11.2. The lowest BCUT2D eigenvalue weighted by molar-refractivity contribution is -0.123. The molecule has 1 unspecified atom stereocenters. The molecule has 1 N–H and O–H groups in total. The molecular weight excluding hydrogens is 446 g/mol. The predicted molar refractivity (Wildman–Crippen MR) is 111 cm³/mol. The van der Waals surface area contributed by atoms with Crippen molar-refractivity contribution >= 4 is 27.6 Å². The van der Waals surface area contributed by atoms with E-state index in [4.69, 9.17) is 9.47 Å². The average molecular weight is 468 g/mol. The van der Waals surface area contributed by atoms with E-state index in [0.29, 0.717) is 13.1 Å². The zero-order valence-corrected chi connectivity index (χ0v) is 18.2. The summed E-state index contributed by atoms with van der Waals surface area (Å²) in [7, 11) is -2.58. The Balaban J connectivity index is 1.78. The van der Waals surface area contributed by atoms with Crippen LogP contribution in [0.15, 0.2) is 41.3 Å². The second kappa shape index (κ2) is 9.61. The Morgan fingerprint density at radius 3 is 2.31 bits per heavy atom. The number of benzene rings is 2. The molecule has 172 valence electrons. The predicted octanol–water partition coefficient (Wildman–Crippen LogP) is 2.94. The van der Waals surface area contributed by atoms with Gasteiger partial charge in [0.25, 0.3) is 5.91 Å². The minimum Gasteiger partial charge on any atom is -0.495 e. The van der Waals surface area contributed by atoms with Gasteiger partial charge in [0, 0.05) is 13.1 Å². The summed E-state index contributed by atoms with van der Waals surface area (Å²) >= 11 is 0. The van der Waals surface area contributed by atoms with Gasteiger partial charge in [-0.3, -0.25) is 4.79 Å². The van der Waals surface area contributed by atoms with Gasteiger partial charge in [0.15, 0.2) is 6.10 Å². The molecule has 1 amide bonds. The fourth-order valence-electron chi connectivity index (χ4n) is 3.20. The van der Waals surface area contributed by atoms with Gasteiger partial charge >= 0.3 is 5.97 Å². The molecule has 11 heteroatoms. The number of nitrogens with zero attached hydrogens (tertiary/aromatic N) is 1. The van der Waals surface area contributed by atoms with Crippen LogP contribution in [-0.4, -0.2) is 50.9 Å². The first-order valence-electron chi connectivity index (χ1n) is 9.79. The highest BCUT2D eigenvalue weighted by molar-refractivity contribution is 7.89. The van der Waals surface area contributed by atoms with Crippen LogP contribution in [0.3, 0.4) is 0 Å². The molecule has 1 saturated heterocycles. The van der Waals surface area contributed by atoms with Crippen molar-refractivity contribution in [2.75, 3.05) is 25.5 Å². The second-order valence-corrected chi connectivity index (χ2v) is 9.02. The number of carbonyl (C=O) groups is 2. The molecule has 0 radical (unpaired) electrons. The maximum Gasteiger partial charge on any atom is 0.338 e. The SMILES string of the molecule is COc1ccc(C(=O)OC(C)C(=O)Nc2c(F)cccc2F)cc1S(=O)(=O)N1CCCC1. The summed E-state index contributed by atoms with van der Waals surface area (Å²) in [6, 6.07) is 6.81. The van der Waals surface area contributed by atoms with E-state index >= 15 is 0 Å². The molecule has 1 aliphatic rings. The van der Waals surface area contributed by atoms with E-state index in [9.17, 15) is 26.8 Å². The molecule has 8 nitrogen and oxygen atoms in total. The molecule has 1 fully saturated rings. The van der Waals surface area contributed by atoms with Gasteiger partial charge in [0.1, 0.15) is 28.0 Å². The van der Waals surface area contributed by atoms with Crippen molar-refractivity contribution < 1.29 is 36.3 Å². The van der Waals surface area contributed by atoms with Crippen LogP contribution >= 0.6 is 0 Å². The lowest BCUT2D eigenvalue weighted by atomic mass is 10.2. The number of rotatable bonds is 7. The molecule has 2 aromatic rings. The Labute approximate surface area is 184 Å². The van der Waals surface area contributed by atoms with Crippen LogP contribution in [0.1, 0.15) is 30.1 Å². The minimum atomic E-state index is -3.89. The molecular formula is C21H22F2N2O6S. The minimum absolute atomic E-state index is 0.0641. The number of para-hydroxylation sites is 1. The van der Waals surface area contributed by atoms with Gasteiger partial charge in [-0.25, -0.2) is 22.0 Å². The number of sulfonamides is 1. The largest absolute Gasteiger partial charge is 0.495 e. The molecule has 1 atom stereocenters. The van der Waals surface area contributed by atoms with Crippen molar-refractivity contribution in [3.63, 3.8) is 0 Å². The van der Waals surface area contributed by atoms with E-state index in [1.54, 1.807) is 0 Å². The normalized spacial score (nSPS) is 15.2. The molecule has 3 rings (SSSR count). The summed E-state index contributed by atoms with van der Waals surface area (Å²) in [5, 5.41) is 2.04. The quantitative estimate of drug-likeness (QED) is 0.627. The number of hydrogen-bond acceptors (Lipinski definition) is 6. The maximum absolute atomic E-state index is 13.7. The molecule has 2 aromatic carbocycles. The topological polar surface area (TPSA) is 102 Å². The summed E-state index contributed by atoms with van der Waals surface area (Å²) in [5.41, 5.74) is -0.788. The van der Waals surface area contributed by atoms with Crippen molar-refractivity contribution in [1.82, 2.24) is 4.31 Å². The van der Waals surface area contributed by atoms with E-state index in [2.05, 4.69) is 0 Å². The van der Waals surface area contributed by atoms with E-state index in [-0.39, 0.29) is 16.2 Å². The van der Waals surface area contributed by atoms with Crippen LogP contribution in [0.2, 0.25) is 0 Å². The third-order valence-electron chi connectivity index (χ3n) is 4.95. The zero-order chi connectivity index (χ0) is 23.5. The van der Waals surface area contributed by atoms with Crippen LogP contribution in [-0.2, 0) is 19.6 Å². The van der Waals surface area contributed by atoms with Crippen molar-refractivity contribution in [1.29, 1.82) is 0 Å². The molecule has 32 heavy (non-hydrogen) atoms. The van der Waals surface area contributed by atoms with Crippen molar-refractivity contribution in [3.8, 4) is 5.75 Å². The standard InChI is InChI=1S/C21H22F2N2O6S/c1-13(20(26)24-19-15(22)6-5-7-16(19)23)31-21(27)14-8-9-17(30-2)18(12-14)32(28,29)25-10-3-4-11-25/h5-9,12-13H,3-4,10-11H2,1-2H3,(H,24,26). The summed E-state index contributed by atoms with van der Waals surface area (Å²) in [4.78, 5) is 24.6. The summed E-state index contributed by atoms with van der Waals surface area (Å²) in [6.45, 7) is 1.95. The van der Waals surface area contributed by atoms with Crippen LogP contribution < -0.4 is 10.1 Å². The van der Waals surface area contributed by atoms with Gasteiger partial charge < -0.3 is 14.8 Å². The Bertz CT molecular complexity index is 1110. The molecule has 0 saturated carbocycles. The summed E-state index contributed by atoms with van der Waals surface area (Å²) < 4.78 is 64.9. The maximum atomic E-state index is 13.7. The van der Waals surface area contributed by atoms with Crippen molar-refractivity contribution in [2.45, 2.75) is 30.8 Å². The Morgan fingerprint density at radius 1 is 1.09 bits per heavy atom. The number of amides is 1. The Kier molecular flexibility index (Phi) is 7.09. The number of carbonyl (C=O) groups excluding carboxylic acids is 2. The van der Waals surface area contributed by atoms with E-state index in [1.807, 2.05) is 5.32 Å². The molecule has 0 bridgehead atoms. The molecule has 0 aromatic heterocycles. The number of nitrogens with one attached hydrogen (secondary N) is 1. The second-order valence-electron chi connectivity index (χ2n) is 7.11. The van der Waals surface area contributed by atoms with Crippen molar-refractivity contribution in [3.05, 3.63) is 53.6 Å². The Morgan fingerprint density at radius 2 is 1.72 bits per heavy atom. The first kappa shape index (κ1) is 23.6. The number of esters is 1. The van der Waals surface area contributed by atoms with Crippen LogP contribution in [0, 0.1) is 11.6 Å². The van der Waals surface area contributed by atoms with E-state index in [1.165, 1.54) is 30.5 Å². The Hall–Kier alpha value is -3.05. The summed E-state index contributed by atoms with van der Waals surface area (Å²) in [6.07, 6.45) is 0.0547. The highest BCUT2D eigenvalue weighted by atomic mass is 32.2. The van der Waals surface area contributed by atoms with Gasteiger partial charge in [0.05, 0.1) is 12.7 Å². The van der Waals surface area contributed by atoms with Crippen molar-refractivity contribution in [2.24, 2.45) is 0 Å².